The van der Waals surface area contributed by atoms with E-state index >= 15 is 0 Å². The highest BCUT2D eigenvalue weighted by Crippen LogP contribution is 2.43. The largest absolute Gasteiger partial charge is 0.496 e. The smallest absolute Gasteiger partial charge is 0.307 e. The molecule has 0 aliphatic carbocycles. The summed E-state index contributed by atoms with van der Waals surface area (Å²) in [5, 5.41) is 31.7. The van der Waals surface area contributed by atoms with Crippen LogP contribution in [-0.2, 0) is 6.54 Å². The highest BCUT2D eigenvalue weighted by atomic mass is 16.6. The number of rotatable bonds is 5. The van der Waals surface area contributed by atoms with Crippen molar-refractivity contribution >= 4 is 5.69 Å². The van der Waals surface area contributed by atoms with Gasteiger partial charge in [-0.2, -0.15) is 10.4 Å². The molecule has 0 bridgehead atoms. The van der Waals surface area contributed by atoms with Crippen molar-refractivity contribution in [1.82, 2.24) is 20.0 Å². The van der Waals surface area contributed by atoms with Gasteiger partial charge in [-0.1, -0.05) is 6.07 Å². The molecule has 2 aromatic heterocycles. The van der Waals surface area contributed by atoms with E-state index in [-0.39, 0.29) is 23.7 Å². The van der Waals surface area contributed by atoms with Crippen molar-refractivity contribution in [3.05, 3.63) is 74.5 Å². The summed E-state index contributed by atoms with van der Waals surface area (Å²) in [5.74, 6) is 0.438. The maximum atomic E-state index is 10.9. The molecule has 0 spiro atoms. The zero-order valence-electron chi connectivity index (χ0n) is 16.1. The Bertz CT molecular complexity index is 1220. The third-order valence-corrected chi connectivity index (χ3v) is 4.93. The van der Waals surface area contributed by atoms with Crippen LogP contribution in [0.1, 0.15) is 28.3 Å². The Labute approximate surface area is 170 Å². The number of nitrogens with zero attached hydrogens (tertiary/aromatic N) is 5. The number of ether oxygens (including phenoxy) is 2. The molecule has 152 valence electrons. The van der Waals surface area contributed by atoms with E-state index < -0.39 is 10.8 Å². The van der Waals surface area contributed by atoms with Crippen molar-refractivity contribution in [2.45, 2.75) is 19.4 Å². The molecule has 11 heteroatoms. The SMILES string of the molecule is COc1ccc([C@@H]2C(C#N)=C(N)Oc3n[nH]c(C)c32)cc1Cn1cc([N+](=O)[O-])cn1. The Morgan fingerprint density at radius 3 is 2.97 bits per heavy atom. The lowest BCUT2D eigenvalue weighted by atomic mass is 9.83. The van der Waals surface area contributed by atoms with Gasteiger partial charge in [0.1, 0.15) is 29.8 Å². The number of hydrogen-bond donors (Lipinski definition) is 2. The fourth-order valence-corrected chi connectivity index (χ4v) is 3.54. The number of aromatic amines is 1. The molecule has 0 radical (unpaired) electrons. The van der Waals surface area contributed by atoms with E-state index in [2.05, 4.69) is 21.4 Å². The van der Waals surface area contributed by atoms with Crippen LogP contribution >= 0.6 is 0 Å². The zero-order chi connectivity index (χ0) is 21.4. The molecular formula is C19H17N7O4. The van der Waals surface area contributed by atoms with E-state index in [0.29, 0.717) is 11.6 Å². The van der Waals surface area contributed by atoms with Crippen LogP contribution in [-0.4, -0.2) is 32.0 Å². The first kappa shape index (κ1) is 19.0. The van der Waals surface area contributed by atoms with E-state index in [0.717, 1.165) is 22.4 Å². The average molecular weight is 407 g/mol. The Kier molecular flexibility index (Phi) is 4.59. The minimum absolute atomic E-state index is 0.00145. The lowest BCUT2D eigenvalue weighted by molar-refractivity contribution is -0.385. The summed E-state index contributed by atoms with van der Waals surface area (Å²) in [4.78, 5) is 10.4. The molecule has 1 aliphatic heterocycles. The van der Waals surface area contributed by atoms with E-state index in [4.69, 9.17) is 15.2 Å². The number of nitro groups is 1. The van der Waals surface area contributed by atoms with Crippen LogP contribution in [0.15, 0.2) is 42.0 Å². The van der Waals surface area contributed by atoms with Gasteiger partial charge in [0, 0.05) is 16.8 Å². The summed E-state index contributed by atoms with van der Waals surface area (Å²) in [6, 6.07) is 7.62. The normalized spacial score (nSPS) is 15.3. The number of aryl methyl sites for hydroxylation is 1. The number of benzene rings is 1. The second kappa shape index (κ2) is 7.25. The first-order valence-electron chi connectivity index (χ1n) is 8.89. The Morgan fingerprint density at radius 2 is 2.30 bits per heavy atom. The third kappa shape index (κ3) is 3.10. The van der Waals surface area contributed by atoms with Gasteiger partial charge in [-0.05, 0) is 24.6 Å². The van der Waals surface area contributed by atoms with Crippen molar-refractivity contribution in [3.63, 3.8) is 0 Å². The van der Waals surface area contributed by atoms with Crippen molar-refractivity contribution in [3.8, 4) is 17.7 Å². The first-order chi connectivity index (χ1) is 14.4. The van der Waals surface area contributed by atoms with Gasteiger partial charge in [-0.25, -0.2) is 0 Å². The van der Waals surface area contributed by atoms with Gasteiger partial charge in [0.2, 0.25) is 11.8 Å². The van der Waals surface area contributed by atoms with E-state index in [1.165, 1.54) is 24.2 Å². The van der Waals surface area contributed by atoms with Gasteiger partial charge in [0.15, 0.2) is 0 Å². The molecule has 11 nitrogen and oxygen atoms in total. The standard InChI is InChI=1S/C19H17N7O4/c1-10-16-17(14(6-20)18(21)30-19(16)24-23-10)11-3-4-15(29-2)12(5-11)8-25-9-13(7-22-25)26(27)28/h3-5,7,9,17H,8,21H2,1-2H3,(H,23,24)/t17-/m1/s1. The Morgan fingerprint density at radius 1 is 1.50 bits per heavy atom. The number of aromatic nitrogens is 4. The number of nitrogens with one attached hydrogen (secondary N) is 1. The summed E-state index contributed by atoms with van der Waals surface area (Å²) in [6.45, 7) is 2.08. The minimum atomic E-state index is -0.505. The number of fused-ring (bicyclic) bond motifs is 1. The Hall–Kier alpha value is -4.33. The third-order valence-electron chi connectivity index (χ3n) is 4.93. The number of nitrogens with two attached hydrogens (primary N) is 1. The van der Waals surface area contributed by atoms with E-state index in [9.17, 15) is 15.4 Å². The second-order valence-corrected chi connectivity index (χ2v) is 6.72. The summed E-state index contributed by atoms with van der Waals surface area (Å²) in [5.41, 5.74) is 9.14. The summed E-state index contributed by atoms with van der Waals surface area (Å²) in [6.07, 6.45) is 2.53. The van der Waals surface area contributed by atoms with Gasteiger partial charge < -0.3 is 15.2 Å². The second-order valence-electron chi connectivity index (χ2n) is 6.72. The molecule has 0 saturated carbocycles. The van der Waals surface area contributed by atoms with E-state index in [1.807, 2.05) is 19.1 Å². The number of H-pyrrole nitrogens is 1. The molecule has 0 unspecified atom stereocenters. The minimum Gasteiger partial charge on any atom is -0.496 e. The summed E-state index contributed by atoms with van der Waals surface area (Å²) >= 11 is 0. The van der Waals surface area contributed by atoms with Crippen LogP contribution in [0, 0.1) is 28.4 Å². The highest BCUT2D eigenvalue weighted by molar-refractivity contribution is 5.56. The molecule has 3 heterocycles. The van der Waals surface area contributed by atoms with Gasteiger partial charge in [-0.3, -0.25) is 19.9 Å². The van der Waals surface area contributed by atoms with Crippen LogP contribution in [0.2, 0.25) is 0 Å². The van der Waals surface area contributed by atoms with Crippen molar-refractivity contribution < 1.29 is 14.4 Å². The molecule has 4 rings (SSSR count). The highest BCUT2D eigenvalue weighted by Gasteiger charge is 2.34. The molecule has 0 fully saturated rings. The molecule has 3 N–H and O–H groups in total. The predicted octanol–water partition coefficient (Wildman–Crippen LogP) is 2.10. The van der Waals surface area contributed by atoms with Crippen LogP contribution in [0.4, 0.5) is 5.69 Å². The topological polar surface area (TPSA) is 158 Å². The maximum Gasteiger partial charge on any atom is 0.307 e. The van der Waals surface area contributed by atoms with Gasteiger partial charge in [0.05, 0.1) is 24.5 Å². The van der Waals surface area contributed by atoms with Crippen LogP contribution in [0.3, 0.4) is 0 Å². The molecular weight excluding hydrogens is 390 g/mol. The quantitative estimate of drug-likeness (QED) is 0.480. The lowest BCUT2D eigenvalue weighted by Crippen LogP contribution is -2.21. The fourth-order valence-electron chi connectivity index (χ4n) is 3.54. The van der Waals surface area contributed by atoms with Gasteiger partial charge >= 0.3 is 5.69 Å². The number of allylic oxidation sites excluding steroid dienone is 1. The molecule has 30 heavy (non-hydrogen) atoms. The molecule has 1 aromatic carbocycles. The predicted molar refractivity (Wildman–Crippen MR) is 104 cm³/mol. The summed E-state index contributed by atoms with van der Waals surface area (Å²) in [7, 11) is 1.54. The molecule has 1 atom stereocenters. The summed E-state index contributed by atoms with van der Waals surface area (Å²) < 4.78 is 12.4. The van der Waals surface area contributed by atoms with Crippen molar-refractivity contribution in [1.29, 1.82) is 5.26 Å². The van der Waals surface area contributed by atoms with Crippen LogP contribution < -0.4 is 15.2 Å². The van der Waals surface area contributed by atoms with E-state index in [1.54, 1.807) is 6.07 Å². The monoisotopic (exact) mass is 407 g/mol. The lowest BCUT2D eigenvalue weighted by Gasteiger charge is -2.24. The average Bonchev–Trinajstić information content (AvgIpc) is 3.34. The number of methoxy groups -OCH3 is 1. The maximum absolute atomic E-state index is 10.9. The number of hydrogen-bond acceptors (Lipinski definition) is 8. The molecule has 1 aliphatic rings. The number of nitriles is 1. The molecule has 0 saturated heterocycles. The first-order valence-corrected chi connectivity index (χ1v) is 8.89. The Balaban J connectivity index is 1.80. The fraction of sp³-hybridized carbons (Fsp3) is 0.211. The van der Waals surface area contributed by atoms with Crippen LogP contribution in [0.25, 0.3) is 0 Å². The van der Waals surface area contributed by atoms with Gasteiger partial charge in [0.25, 0.3) is 0 Å². The van der Waals surface area contributed by atoms with Crippen molar-refractivity contribution in [2.75, 3.05) is 7.11 Å². The molecule has 0 amide bonds. The van der Waals surface area contributed by atoms with Gasteiger partial charge in [-0.15, -0.1) is 5.10 Å². The molecule has 3 aromatic rings. The zero-order valence-corrected chi connectivity index (χ0v) is 16.1. The van der Waals surface area contributed by atoms with Crippen LogP contribution in [0.5, 0.6) is 11.6 Å². The van der Waals surface area contributed by atoms with Crippen molar-refractivity contribution in [2.24, 2.45) is 5.73 Å².